The van der Waals surface area contributed by atoms with Crippen molar-refractivity contribution in [3.8, 4) is 5.75 Å². The Morgan fingerprint density at radius 1 is 1.15 bits per heavy atom. The van der Waals surface area contributed by atoms with Crippen LogP contribution >= 0.6 is 0 Å². The summed E-state index contributed by atoms with van der Waals surface area (Å²) in [6.45, 7) is 3.77. The zero-order valence-electron chi connectivity index (χ0n) is 23.2. The second kappa shape index (κ2) is 10.8. The van der Waals surface area contributed by atoms with Gasteiger partial charge in [-0.15, -0.1) is 0 Å². The van der Waals surface area contributed by atoms with Gasteiger partial charge in [-0.1, -0.05) is 32.8 Å². The van der Waals surface area contributed by atoms with E-state index in [4.69, 9.17) is 10.5 Å². The summed E-state index contributed by atoms with van der Waals surface area (Å²) in [6, 6.07) is 1.44. The number of amides is 2. The van der Waals surface area contributed by atoms with Gasteiger partial charge < -0.3 is 36.0 Å². The van der Waals surface area contributed by atoms with Crippen LogP contribution in [0, 0.1) is 11.8 Å². The molecular formula is C28H35N3O10. The molecule has 13 nitrogen and oxygen atoms in total. The summed E-state index contributed by atoms with van der Waals surface area (Å²) >= 11 is 0. The number of likely N-dealkylation sites (N-methyl/N-ethyl adjacent to an activating group) is 1. The Kier molecular flexibility index (Phi) is 7.91. The number of anilines is 1. The minimum absolute atomic E-state index is 0.128. The van der Waals surface area contributed by atoms with Crippen LogP contribution in [0.4, 0.5) is 10.5 Å². The number of nitrogens with one attached hydrogen (secondary N) is 1. The number of ether oxygens (including phenoxy) is 1. The summed E-state index contributed by atoms with van der Waals surface area (Å²) in [6.07, 6.45) is -0.0956. The van der Waals surface area contributed by atoms with E-state index >= 15 is 0 Å². The SMILES string of the molecule is CCCCCOC(=O)Nc1ccc2c(c1O)C(O)=C1C(=O)[C@]3(O)C(O)=C(C(N)=O)C(=O)[C@@H](N(C)C)C3[C@@H](O)C1[C@H]2C. The highest BCUT2D eigenvalue weighted by atomic mass is 16.5. The predicted octanol–water partition coefficient (Wildman–Crippen LogP) is 1.23. The number of fused-ring (bicyclic) bond motifs is 3. The smallest absolute Gasteiger partial charge is 0.411 e. The molecule has 0 bridgehead atoms. The summed E-state index contributed by atoms with van der Waals surface area (Å²) in [7, 11) is 2.87. The van der Waals surface area contributed by atoms with Crippen LogP contribution in [0.15, 0.2) is 29.0 Å². The van der Waals surface area contributed by atoms with Gasteiger partial charge in [0.1, 0.15) is 22.8 Å². The van der Waals surface area contributed by atoms with Crippen molar-refractivity contribution in [2.24, 2.45) is 17.6 Å². The molecule has 8 N–H and O–H groups in total. The molecule has 1 aromatic carbocycles. The molecule has 4 rings (SSSR count). The number of rotatable bonds is 7. The first kappa shape index (κ1) is 30.0. The molecule has 2 amide bonds. The molecule has 0 radical (unpaired) electrons. The van der Waals surface area contributed by atoms with Crippen molar-refractivity contribution in [2.45, 2.75) is 56.8 Å². The average molecular weight is 574 g/mol. The molecule has 1 fully saturated rings. The van der Waals surface area contributed by atoms with Gasteiger partial charge in [0.2, 0.25) is 5.78 Å². The number of hydrogen-bond acceptors (Lipinski definition) is 11. The van der Waals surface area contributed by atoms with E-state index in [0.717, 1.165) is 12.8 Å². The third-order valence-corrected chi connectivity index (χ3v) is 8.35. The molecule has 3 aliphatic rings. The number of carbonyl (C=O) groups is 4. The Labute approximate surface area is 235 Å². The predicted molar refractivity (Wildman–Crippen MR) is 145 cm³/mol. The van der Waals surface area contributed by atoms with E-state index in [9.17, 15) is 44.7 Å². The van der Waals surface area contributed by atoms with Crippen LogP contribution < -0.4 is 11.1 Å². The van der Waals surface area contributed by atoms with Gasteiger partial charge in [-0.05, 0) is 38.1 Å². The number of unbranched alkanes of at least 4 members (excludes halogenated alkanes) is 2. The quantitative estimate of drug-likeness (QED) is 0.140. The Bertz CT molecular complexity index is 1380. The minimum Gasteiger partial charge on any atom is -0.508 e. The van der Waals surface area contributed by atoms with Gasteiger partial charge in [0.05, 0.1) is 35.9 Å². The van der Waals surface area contributed by atoms with Crippen LogP contribution in [0.5, 0.6) is 5.75 Å². The third-order valence-electron chi connectivity index (χ3n) is 8.35. The van der Waals surface area contributed by atoms with E-state index in [2.05, 4.69) is 5.32 Å². The van der Waals surface area contributed by atoms with E-state index in [1.54, 1.807) is 6.92 Å². The van der Waals surface area contributed by atoms with E-state index < -0.39 is 87.5 Å². The summed E-state index contributed by atoms with van der Waals surface area (Å²) < 4.78 is 5.11. The topological polar surface area (TPSA) is 220 Å². The van der Waals surface area contributed by atoms with Crippen LogP contribution in [0.3, 0.4) is 0 Å². The van der Waals surface area contributed by atoms with Gasteiger partial charge in [0, 0.05) is 11.5 Å². The summed E-state index contributed by atoms with van der Waals surface area (Å²) in [5, 5.41) is 59.1. The number of phenolic OH excluding ortho intramolecular Hbond substituents is 1. The number of nitrogens with zero attached hydrogens (tertiary/aromatic N) is 1. The maximum Gasteiger partial charge on any atom is 0.411 e. The van der Waals surface area contributed by atoms with Gasteiger partial charge in [0.25, 0.3) is 5.91 Å². The van der Waals surface area contributed by atoms with Gasteiger partial charge >= 0.3 is 6.09 Å². The Balaban J connectivity index is 1.85. The van der Waals surface area contributed by atoms with Crippen molar-refractivity contribution in [2.75, 3.05) is 26.0 Å². The number of Topliss-reactive ketones (excluding diaryl/α,β-unsaturated/α-hetero) is 2. The van der Waals surface area contributed by atoms with E-state index in [0.29, 0.717) is 12.0 Å². The fourth-order valence-electron chi connectivity index (χ4n) is 6.38. The number of aliphatic hydroxyl groups is 4. The van der Waals surface area contributed by atoms with Gasteiger partial charge in [-0.3, -0.25) is 24.6 Å². The number of ketones is 2. The normalized spacial score (nSPS) is 29.2. The molecule has 1 aromatic rings. The lowest BCUT2D eigenvalue weighted by Gasteiger charge is -2.53. The third kappa shape index (κ3) is 4.44. The van der Waals surface area contributed by atoms with E-state index in [1.165, 1.54) is 31.1 Å². The maximum absolute atomic E-state index is 14.0. The van der Waals surface area contributed by atoms with Gasteiger partial charge in [-0.25, -0.2) is 4.79 Å². The highest BCUT2D eigenvalue weighted by Crippen LogP contribution is 2.56. The number of benzene rings is 1. The molecular weight excluding hydrogens is 538 g/mol. The number of primary amides is 1. The standard InChI is InChI=1S/C28H35N3O10/c1-5-6-7-10-41-27(39)30-13-9-8-12-11(2)14-16(21(33)15(12)20(13)32)24(36)28(40)18(22(14)34)19(31(3)4)23(35)17(25(28)37)26(29)38/h8-9,11,14,18-19,22,32-34,37,40H,5-7,10H2,1-4H3,(H2,29,38)(H,30,39)/t11-,14?,18?,19-,22-,28-/m0/s1. The molecule has 0 aromatic heterocycles. The molecule has 13 heteroatoms. The molecule has 0 aliphatic heterocycles. The molecule has 6 atom stereocenters. The van der Waals surface area contributed by atoms with Crippen molar-refractivity contribution in [3.05, 3.63) is 40.2 Å². The first-order valence-corrected chi connectivity index (χ1v) is 13.3. The molecule has 222 valence electrons. The Hall–Kier alpha value is -3.94. The number of phenols is 1. The van der Waals surface area contributed by atoms with Crippen LogP contribution in [0.25, 0.3) is 5.76 Å². The Morgan fingerprint density at radius 2 is 1.80 bits per heavy atom. The first-order chi connectivity index (χ1) is 19.2. The first-order valence-electron chi connectivity index (χ1n) is 13.3. The van der Waals surface area contributed by atoms with Crippen molar-refractivity contribution < 1.29 is 49.4 Å². The molecule has 1 saturated carbocycles. The monoisotopic (exact) mass is 573 g/mol. The zero-order chi connectivity index (χ0) is 30.5. The second-order valence-electron chi connectivity index (χ2n) is 10.9. The number of nitrogens with two attached hydrogens (primary N) is 1. The van der Waals surface area contributed by atoms with E-state index in [1.807, 2.05) is 6.92 Å². The maximum atomic E-state index is 14.0. The molecule has 0 spiro atoms. The number of hydrogen-bond donors (Lipinski definition) is 7. The lowest BCUT2D eigenvalue weighted by atomic mass is 9.54. The Morgan fingerprint density at radius 3 is 2.39 bits per heavy atom. The van der Waals surface area contributed by atoms with Crippen molar-refractivity contribution >= 4 is 35.0 Å². The van der Waals surface area contributed by atoms with Gasteiger partial charge in [0.15, 0.2) is 11.4 Å². The second-order valence-corrected chi connectivity index (χ2v) is 10.9. The van der Waals surface area contributed by atoms with E-state index in [-0.39, 0.29) is 17.9 Å². The summed E-state index contributed by atoms with van der Waals surface area (Å²) in [4.78, 5) is 52.9. The van der Waals surface area contributed by atoms with Crippen molar-refractivity contribution in [1.29, 1.82) is 0 Å². The highest BCUT2D eigenvalue weighted by molar-refractivity contribution is 6.24. The lowest BCUT2D eigenvalue weighted by Crippen LogP contribution is -2.70. The number of aliphatic hydroxyl groups excluding tert-OH is 3. The molecule has 0 saturated heterocycles. The van der Waals surface area contributed by atoms with Crippen molar-refractivity contribution in [1.82, 2.24) is 4.90 Å². The van der Waals surface area contributed by atoms with Crippen LogP contribution in [0.2, 0.25) is 0 Å². The summed E-state index contributed by atoms with van der Waals surface area (Å²) in [5.41, 5.74) is 0.760. The van der Waals surface area contributed by atoms with Gasteiger partial charge in [-0.2, -0.15) is 0 Å². The summed E-state index contributed by atoms with van der Waals surface area (Å²) in [5.74, 6) is -9.92. The van der Waals surface area contributed by atoms with Crippen LogP contribution in [-0.2, 0) is 19.1 Å². The number of carbonyl (C=O) groups excluding carboxylic acids is 4. The van der Waals surface area contributed by atoms with Crippen molar-refractivity contribution in [3.63, 3.8) is 0 Å². The zero-order valence-corrected chi connectivity index (χ0v) is 23.2. The number of aromatic hydroxyl groups is 1. The lowest BCUT2D eigenvalue weighted by molar-refractivity contribution is -0.169. The molecule has 41 heavy (non-hydrogen) atoms. The molecule has 0 heterocycles. The average Bonchev–Trinajstić information content (AvgIpc) is 2.89. The minimum atomic E-state index is -3.00. The largest absolute Gasteiger partial charge is 0.508 e. The molecule has 3 aliphatic carbocycles. The molecule has 2 unspecified atom stereocenters. The fourth-order valence-corrected chi connectivity index (χ4v) is 6.38. The fraction of sp³-hybridized carbons (Fsp3) is 0.500. The van der Waals surface area contributed by atoms with Crippen LogP contribution in [-0.4, -0.2) is 92.4 Å². The van der Waals surface area contributed by atoms with Crippen LogP contribution in [0.1, 0.15) is 50.2 Å². The highest BCUT2D eigenvalue weighted by Gasteiger charge is 2.68.